The van der Waals surface area contributed by atoms with Crippen LogP contribution in [0.5, 0.6) is 0 Å². The number of ketones is 1. The van der Waals surface area contributed by atoms with Crippen molar-refractivity contribution in [3.63, 3.8) is 0 Å². The number of ether oxygens (including phenoxy) is 2. The molecule has 0 radical (unpaired) electrons. The number of methoxy groups -OCH3 is 1. The Balaban J connectivity index is 1.88. The lowest BCUT2D eigenvalue weighted by molar-refractivity contribution is -0.184. The number of hydrogen-bond donors (Lipinski definition) is 0. The van der Waals surface area contributed by atoms with E-state index in [9.17, 15) is 4.79 Å². The topological polar surface area (TPSA) is 35.5 Å². The molecule has 0 aromatic rings. The highest BCUT2D eigenvalue weighted by atomic mass is 16.7. The van der Waals surface area contributed by atoms with Crippen LogP contribution in [0.25, 0.3) is 0 Å². The summed E-state index contributed by atoms with van der Waals surface area (Å²) in [5.74, 6) is 1.10. The molecule has 3 atom stereocenters. The molecule has 0 amide bonds. The summed E-state index contributed by atoms with van der Waals surface area (Å²) >= 11 is 0. The van der Waals surface area contributed by atoms with E-state index in [2.05, 4.69) is 6.92 Å². The zero-order valence-corrected chi connectivity index (χ0v) is 13.0. The fourth-order valence-corrected chi connectivity index (χ4v) is 5.52. The molecular weight excluding hydrogens is 252 g/mol. The highest BCUT2D eigenvalue weighted by Gasteiger charge is 2.60. The van der Waals surface area contributed by atoms with Crippen molar-refractivity contribution >= 4 is 5.78 Å². The fourth-order valence-electron chi connectivity index (χ4n) is 5.52. The molecule has 3 fully saturated rings. The minimum absolute atomic E-state index is 0.00209. The average molecular weight is 280 g/mol. The van der Waals surface area contributed by atoms with Crippen LogP contribution in [0, 0.1) is 16.7 Å². The molecule has 3 saturated carbocycles. The van der Waals surface area contributed by atoms with Gasteiger partial charge in [0.2, 0.25) is 0 Å². The minimum Gasteiger partial charge on any atom is -0.359 e. The average Bonchev–Trinajstić information content (AvgIpc) is 2.92. The molecule has 3 rings (SSSR count). The summed E-state index contributed by atoms with van der Waals surface area (Å²) in [6, 6.07) is 0. The van der Waals surface area contributed by atoms with E-state index >= 15 is 0 Å². The first kappa shape index (κ1) is 14.5. The van der Waals surface area contributed by atoms with E-state index in [1.54, 1.807) is 7.11 Å². The van der Waals surface area contributed by atoms with Crippen molar-refractivity contribution in [1.29, 1.82) is 0 Å². The van der Waals surface area contributed by atoms with Crippen molar-refractivity contribution in [3.05, 3.63) is 0 Å². The third-order valence-corrected chi connectivity index (χ3v) is 6.49. The van der Waals surface area contributed by atoms with Gasteiger partial charge < -0.3 is 9.47 Å². The molecule has 3 aliphatic carbocycles. The van der Waals surface area contributed by atoms with Crippen molar-refractivity contribution < 1.29 is 14.3 Å². The van der Waals surface area contributed by atoms with Crippen LogP contribution in [-0.4, -0.2) is 25.8 Å². The molecule has 0 saturated heterocycles. The maximum absolute atomic E-state index is 12.7. The summed E-state index contributed by atoms with van der Waals surface area (Å²) in [7, 11) is 1.69. The summed E-state index contributed by atoms with van der Waals surface area (Å²) in [6.45, 7) is 2.76. The lowest BCUT2D eigenvalue weighted by Crippen LogP contribution is -2.56. The number of carbonyl (C=O) groups excluding carboxylic acids is 1. The molecule has 3 nitrogen and oxygen atoms in total. The third kappa shape index (κ3) is 2.05. The highest BCUT2D eigenvalue weighted by Crippen LogP contribution is 2.62. The van der Waals surface area contributed by atoms with Gasteiger partial charge in [0.1, 0.15) is 12.6 Å². The van der Waals surface area contributed by atoms with E-state index in [0.717, 1.165) is 32.1 Å². The van der Waals surface area contributed by atoms with Gasteiger partial charge in [-0.25, -0.2) is 0 Å². The summed E-state index contributed by atoms with van der Waals surface area (Å²) in [6.07, 6.45) is 10.3. The standard InChI is InChI=1S/C17H28O3/c1-16-11-8-14(18)17(9-3-4-10-17)13(16)6-5-7-15(16)20-12-19-2/h13,15H,3-12H2,1-2H3/t13?,15-,16-/m0/s1. The molecule has 3 heteroatoms. The number of fused-ring (bicyclic) bond motifs is 2. The van der Waals surface area contributed by atoms with Crippen LogP contribution >= 0.6 is 0 Å². The molecule has 3 aliphatic rings. The van der Waals surface area contributed by atoms with Crippen molar-refractivity contribution in [2.75, 3.05) is 13.9 Å². The van der Waals surface area contributed by atoms with Crippen LogP contribution in [0.15, 0.2) is 0 Å². The smallest absolute Gasteiger partial charge is 0.146 e. The first-order valence-electron chi connectivity index (χ1n) is 8.27. The molecule has 0 bridgehead atoms. The number of hydrogen-bond acceptors (Lipinski definition) is 3. The second kappa shape index (κ2) is 5.42. The van der Waals surface area contributed by atoms with Gasteiger partial charge in [-0.1, -0.05) is 26.2 Å². The predicted molar refractivity (Wildman–Crippen MR) is 77.3 cm³/mol. The maximum atomic E-state index is 12.7. The Bertz CT molecular complexity index is 372. The van der Waals surface area contributed by atoms with Crippen LogP contribution in [0.2, 0.25) is 0 Å². The molecule has 1 spiro atoms. The van der Waals surface area contributed by atoms with Gasteiger partial charge in [-0.05, 0) is 43.4 Å². The lowest BCUT2D eigenvalue weighted by Gasteiger charge is -2.56. The predicted octanol–water partition coefficient (Wildman–Crippen LogP) is 3.71. The van der Waals surface area contributed by atoms with E-state index in [4.69, 9.17) is 9.47 Å². The van der Waals surface area contributed by atoms with Crippen LogP contribution in [0.1, 0.15) is 64.7 Å². The normalized spacial score (nSPS) is 40.0. The van der Waals surface area contributed by atoms with Gasteiger partial charge in [0.25, 0.3) is 0 Å². The van der Waals surface area contributed by atoms with Gasteiger partial charge in [-0.15, -0.1) is 0 Å². The largest absolute Gasteiger partial charge is 0.359 e. The summed E-state index contributed by atoms with van der Waals surface area (Å²) < 4.78 is 11.1. The molecule has 0 N–H and O–H groups in total. The van der Waals surface area contributed by atoms with Gasteiger partial charge >= 0.3 is 0 Å². The van der Waals surface area contributed by atoms with E-state index in [1.807, 2.05) is 0 Å². The Labute approximate surface area is 122 Å². The van der Waals surface area contributed by atoms with E-state index in [0.29, 0.717) is 18.5 Å². The Kier molecular flexibility index (Phi) is 3.93. The van der Waals surface area contributed by atoms with Crippen LogP contribution in [0.4, 0.5) is 0 Å². The van der Waals surface area contributed by atoms with Crippen LogP contribution in [-0.2, 0) is 14.3 Å². The first-order chi connectivity index (χ1) is 9.63. The molecule has 0 heterocycles. The Morgan fingerprint density at radius 2 is 1.90 bits per heavy atom. The number of Topliss-reactive ketones (excluding diaryl/α,β-unsaturated/α-hetero) is 1. The summed E-state index contributed by atoms with van der Waals surface area (Å²) in [5, 5.41) is 0. The SMILES string of the molecule is COCO[C@H]1CCCC2C3(CCCC3)C(=O)CC[C@@]21C. The molecule has 0 aliphatic heterocycles. The second-order valence-corrected chi connectivity index (χ2v) is 7.34. The summed E-state index contributed by atoms with van der Waals surface area (Å²) in [5.41, 5.74) is 0.178. The van der Waals surface area contributed by atoms with Gasteiger partial charge in [0.05, 0.1) is 6.10 Å². The van der Waals surface area contributed by atoms with E-state index < -0.39 is 0 Å². The maximum Gasteiger partial charge on any atom is 0.146 e. The zero-order valence-electron chi connectivity index (χ0n) is 13.0. The van der Waals surface area contributed by atoms with Crippen LogP contribution in [0.3, 0.4) is 0 Å². The van der Waals surface area contributed by atoms with Gasteiger partial charge in [0, 0.05) is 18.9 Å². The monoisotopic (exact) mass is 280 g/mol. The van der Waals surface area contributed by atoms with Gasteiger partial charge in [-0.3, -0.25) is 4.79 Å². The van der Waals surface area contributed by atoms with Crippen molar-refractivity contribution in [1.82, 2.24) is 0 Å². The number of rotatable bonds is 3. The van der Waals surface area contributed by atoms with Gasteiger partial charge in [-0.2, -0.15) is 0 Å². The van der Waals surface area contributed by atoms with E-state index in [1.165, 1.54) is 25.7 Å². The van der Waals surface area contributed by atoms with Crippen molar-refractivity contribution in [2.45, 2.75) is 70.8 Å². The van der Waals surface area contributed by atoms with Crippen molar-refractivity contribution in [3.8, 4) is 0 Å². The Hall–Kier alpha value is -0.410. The first-order valence-corrected chi connectivity index (χ1v) is 8.27. The summed E-state index contributed by atoms with van der Waals surface area (Å²) in [4.78, 5) is 12.7. The Morgan fingerprint density at radius 1 is 1.15 bits per heavy atom. The number of carbonyl (C=O) groups is 1. The molecule has 0 aromatic heterocycles. The van der Waals surface area contributed by atoms with Gasteiger partial charge in [0.15, 0.2) is 0 Å². The fraction of sp³-hybridized carbons (Fsp3) is 0.941. The zero-order chi connectivity index (χ0) is 14.2. The molecule has 20 heavy (non-hydrogen) atoms. The molecule has 114 valence electrons. The van der Waals surface area contributed by atoms with Crippen LogP contribution < -0.4 is 0 Å². The molecular formula is C17H28O3. The van der Waals surface area contributed by atoms with Crippen molar-refractivity contribution in [2.24, 2.45) is 16.7 Å². The third-order valence-electron chi connectivity index (χ3n) is 6.49. The van der Waals surface area contributed by atoms with E-state index in [-0.39, 0.29) is 16.9 Å². The Morgan fingerprint density at radius 3 is 2.60 bits per heavy atom. The lowest BCUT2D eigenvalue weighted by atomic mass is 9.48. The second-order valence-electron chi connectivity index (χ2n) is 7.34. The minimum atomic E-state index is 0.00209. The quantitative estimate of drug-likeness (QED) is 0.739. The molecule has 0 aromatic carbocycles. The molecule has 1 unspecified atom stereocenters. The highest BCUT2D eigenvalue weighted by molar-refractivity contribution is 5.86.